The molecule has 6 aliphatic rings. The number of aliphatic hydroxyl groups excluding tert-OH is 2. The van der Waals surface area contributed by atoms with Crippen LogP contribution in [-0.2, 0) is 14.3 Å². The van der Waals surface area contributed by atoms with Gasteiger partial charge in [-0.3, -0.25) is 4.79 Å². The SMILES string of the molecule is CC(=O)C(O)(C(C)C)C1OC(O)C2C1OC1C=C3C4=C(CCC3(C)C12)C1(C)CCC(O)CC1CC4. The first-order valence-electron chi connectivity index (χ1n) is 13.8. The molecule has 0 bridgehead atoms. The van der Waals surface area contributed by atoms with Crippen molar-refractivity contribution in [1.29, 1.82) is 0 Å². The monoisotopic (exact) mass is 486 g/mol. The zero-order valence-electron chi connectivity index (χ0n) is 21.8. The summed E-state index contributed by atoms with van der Waals surface area (Å²) in [6, 6.07) is 0. The number of carbonyl (C=O) groups is 1. The van der Waals surface area contributed by atoms with Crippen molar-refractivity contribution in [3.63, 3.8) is 0 Å². The van der Waals surface area contributed by atoms with Crippen molar-refractivity contribution >= 4 is 5.78 Å². The van der Waals surface area contributed by atoms with Crippen molar-refractivity contribution < 1.29 is 29.6 Å². The highest BCUT2D eigenvalue weighted by Crippen LogP contribution is 2.67. The van der Waals surface area contributed by atoms with Crippen molar-refractivity contribution in [3.8, 4) is 0 Å². The lowest BCUT2D eigenvalue weighted by Crippen LogP contribution is -2.57. The van der Waals surface area contributed by atoms with Gasteiger partial charge in [-0.25, -0.2) is 0 Å². The van der Waals surface area contributed by atoms with Crippen molar-refractivity contribution in [2.45, 2.75) is 116 Å². The van der Waals surface area contributed by atoms with E-state index in [4.69, 9.17) is 9.47 Å². The summed E-state index contributed by atoms with van der Waals surface area (Å²) in [6.45, 7) is 9.79. The lowest BCUT2D eigenvalue weighted by atomic mass is 9.51. The van der Waals surface area contributed by atoms with Gasteiger partial charge in [0.05, 0.1) is 18.3 Å². The molecule has 0 amide bonds. The fraction of sp³-hybridized carbons (Fsp3) is 0.828. The summed E-state index contributed by atoms with van der Waals surface area (Å²) in [5.74, 6) is -0.342. The van der Waals surface area contributed by atoms with Crippen LogP contribution in [0.15, 0.2) is 22.8 Å². The molecule has 6 heteroatoms. The molecule has 11 atom stereocenters. The Morgan fingerprint density at radius 3 is 2.54 bits per heavy atom. The second-order valence-electron chi connectivity index (χ2n) is 13.2. The summed E-state index contributed by atoms with van der Waals surface area (Å²) in [4.78, 5) is 12.5. The Morgan fingerprint density at radius 1 is 1.11 bits per heavy atom. The van der Waals surface area contributed by atoms with Gasteiger partial charge in [0.2, 0.25) is 0 Å². The number of aliphatic hydroxyl groups is 3. The summed E-state index contributed by atoms with van der Waals surface area (Å²) in [5.41, 5.74) is 2.88. The van der Waals surface area contributed by atoms with Gasteiger partial charge < -0.3 is 24.8 Å². The number of ether oxygens (including phenoxy) is 2. The minimum Gasteiger partial charge on any atom is -0.393 e. The van der Waals surface area contributed by atoms with E-state index < -0.39 is 24.1 Å². The van der Waals surface area contributed by atoms with Gasteiger partial charge in [-0.1, -0.05) is 39.3 Å². The molecular formula is C29H42O6. The number of carbonyl (C=O) groups excluding carboxylic acids is 1. The fourth-order valence-corrected chi connectivity index (χ4v) is 9.36. The summed E-state index contributed by atoms with van der Waals surface area (Å²) >= 11 is 0. The predicted octanol–water partition coefficient (Wildman–Crippen LogP) is 3.68. The Labute approximate surface area is 208 Å². The molecule has 2 heterocycles. The highest BCUT2D eigenvalue weighted by Gasteiger charge is 2.68. The Morgan fingerprint density at radius 2 is 1.86 bits per heavy atom. The molecule has 0 aromatic carbocycles. The number of hydrogen-bond acceptors (Lipinski definition) is 6. The van der Waals surface area contributed by atoms with Crippen molar-refractivity contribution in [1.82, 2.24) is 0 Å². The van der Waals surface area contributed by atoms with Crippen LogP contribution in [0.5, 0.6) is 0 Å². The zero-order valence-corrected chi connectivity index (χ0v) is 21.8. The molecule has 0 aromatic rings. The second-order valence-corrected chi connectivity index (χ2v) is 13.2. The minimum absolute atomic E-state index is 0.0682. The van der Waals surface area contributed by atoms with Gasteiger partial charge in [-0.2, -0.15) is 0 Å². The van der Waals surface area contributed by atoms with Crippen LogP contribution in [0.1, 0.15) is 79.6 Å². The van der Waals surface area contributed by atoms with Gasteiger partial charge in [-0.15, -0.1) is 0 Å². The predicted molar refractivity (Wildman–Crippen MR) is 130 cm³/mol. The first-order chi connectivity index (χ1) is 16.4. The van der Waals surface area contributed by atoms with E-state index in [1.54, 1.807) is 5.57 Å². The van der Waals surface area contributed by atoms with E-state index >= 15 is 0 Å². The van der Waals surface area contributed by atoms with Gasteiger partial charge in [0.15, 0.2) is 17.7 Å². The highest BCUT2D eigenvalue weighted by atomic mass is 16.7. The van der Waals surface area contributed by atoms with E-state index in [0.29, 0.717) is 5.92 Å². The number of allylic oxidation sites excluding steroid dienone is 3. The van der Waals surface area contributed by atoms with Crippen LogP contribution < -0.4 is 0 Å². The van der Waals surface area contributed by atoms with E-state index in [0.717, 1.165) is 44.9 Å². The molecule has 194 valence electrons. The largest absolute Gasteiger partial charge is 0.393 e. The van der Waals surface area contributed by atoms with Gasteiger partial charge in [0.1, 0.15) is 6.10 Å². The number of rotatable bonds is 3. The number of hydrogen-bond donors (Lipinski definition) is 3. The Bertz CT molecular complexity index is 999. The molecule has 3 fully saturated rings. The number of fused-ring (bicyclic) bond motifs is 8. The third kappa shape index (κ3) is 3.04. The summed E-state index contributed by atoms with van der Waals surface area (Å²) < 4.78 is 12.5. The highest BCUT2D eigenvalue weighted by molar-refractivity contribution is 5.86. The van der Waals surface area contributed by atoms with Crippen LogP contribution in [0, 0.1) is 34.5 Å². The summed E-state index contributed by atoms with van der Waals surface area (Å²) in [7, 11) is 0. The molecule has 1 saturated carbocycles. The van der Waals surface area contributed by atoms with E-state index in [2.05, 4.69) is 19.9 Å². The minimum atomic E-state index is -1.69. The van der Waals surface area contributed by atoms with Crippen molar-refractivity contribution in [2.24, 2.45) is 34.5 Å². The molecule has 0 aromatic heterocycles. The van der Waals surface area contributed by atoms with Crippen LogP contribution in [0.3, 0.4) is 0 Å². The van der Waals surface area contributed by atoms with Crippen LogP contribution in [0.2, 0.25) is 0 Å². The van der Waals surface area contributed by atoms with E-state index in [-0.39, 0.29) is 46.6 Å². The normalized spacial score (nSPS) is 50.1. The third-order valence-electron chi connectivity index (χ3n) is 11.4. The molecular weight excluding hydrogens is 444 g/mol. The lowest BCUT2D eigenvalue weighted by molar-refractivity contribution is -0.201. The van der Waals surface area contributed by atoms with E-state index in [1.807, 2.05) is 13.8 Å². The molecule has 3 N–H and O–H groups in total. The molecule has 6 nitrogen and oxygen atoms in total. The van der Waals surface area contributed by atoms with E-state index in [1.165, 1.54) is 18.1 Å². The smallest absolute Gasteiger partial charge is 0.164 e. The first-order valence-corrected chi connectivity index (χ1v) is 13.8. The quantitative estimate of drug-likeness (QED) is 0.563. The molecule has 35 heavy (non-hydrogen) atoms. The average molecular weight is 487 g/mol. The Kier molecular flexibility index (Phi) is 5.37. The summed E-state index contributed by atoms with van der Waals surface area (Å²) in [6.07, 6.45) is 6.68. The number of ketones is 1. The van der Waals surface area contributed by atoms with Gasteiger partial charge in [0.25, 0.3) is 0 Å². The van der Waals surface area contributed by atoms with Gasteiger partial charge >= 0.3 is 0 Å². The standard InChI is InChI=1S/C29H42O6/c1-14(2)29(33,15(3)30)25-24-22(26(32)35-25)23-21(34-24)13-20-18-7-6-16-12-17(31)8-10-27(16,4)19(18)9-11-28(20,23)5/h13-14,16-17,21-26,31-33H,6-12H2,1-5H3. The lowest BCUT2D eigenvalue weighted by Gasteiger charge is -2.53. The average Bonchev–Trinajstić information content (AvgIpc) is 3.41. The summed E-state index contributed by atoms with van der Waals surface area (Å²) in [5, 5.41) is 32.8. The fourth-order valence-electron chi connectivity index (χ4n) is 9.36. The maximum Gasteiger partial charge on any atom is 0.164 e. The molecule has 2 saturated heterocycles. The second kappa shape index (κ2) is 7.73. The van der Waals surface area contributed by atoms with Crippen LogP contribution in [-0.4, -0.2) is 57.4 Å². The molecule has 4 aliphatic carbocycles. The molecule has 0 radical (unpaired) electrons. The van der Waals surface area contributed by atoms with Crippen LogP contribution in [0.4, 0.5) is 0 Å². The van der Waals surface area contributed by atoms with Crippen molar-refractivity contribution in [3.05, 3.63) is 22.8 Å². The van der Waals surface area contributed by atoms with Crippen molar-refractivity contribution in [2.75, 3.05) is 0 Å². The third-order valence-corrected chi connectivity index (χ3v) is 11.4. The topological polar surface area (TPSA) is 96.2 Å². The Balaban J connectivity index is 1.36. The first kappa shape index (κ1) is 24.3. The van der Waals surface area contributed by atoms with Crippen LogP contribution in [0.25, 0.3) is 0 Å². The van der Waals surface area contributed by atoms with Crippen LogP contribution >= 0.6 is 0 Å². The molecule has 11 unspecified atom stereocenters. The maximum absolute atomic E-state index is 12.5. The van der Waals surface area contributed by atoms with Gasteiger partial charge in [-0.05, 0) is 85.7 Å². The number of Topliss-reactive ketones (excluding diaryl/α,β-unsaturated/α-hetero) is 1. The molecule has 0 spiro atoms. The Hall–Kier alpha value is -1.05. The van der Waals surface area contributed by atoms with Gasteiger partial charge in [0, 0.05) is 11.8 Å². The van der Waals surface area contributed by atoms with E-state index in [9.17, 15) is 20.1 Å². The molecule has 6 rings (SSSR count). The molecule has 2 aliphatic heterocycles. The zero-order chi connectivity index (χ0) is 25.1. The maximum atomic E-state index is 12.5.